The number of urea groups is 1. The molecule has 1 aromatic heterocycles. The summed E-state index contributed by atoms with van der Waals surface area (Å²) in [6, 6.07) is 10.3. The van der Waals surface area contributed by atoms with E-state index in [1.807, 2.05) is 12.1 Å². The summed E-state index contributed by atoms with van der Waals surface area (Å²) in [5, 5.41) is 5.49. The molecule has 2 heterocycles. The quantitative estimate of drug-likeness (QED) is 0.674. The van der Waals surface area contributed by atoms with E-state index in [1.165, 1.54) is 25.7 Å². The number of piperazine rings is 1. The largest absolute Gasteiger partial charge is 0.334 e. The lowest BCUT2D eigenvalue weighted by atomic mass is 9.86. The smallest absolute Gasteiger partial charge is 0.319 e. The minimum Gasteiger partial charge on any atom is -0.334 e. The van der Waals surface area contributed by atoms with Crippen LogP contribution in [0, 0.1) is 5.92 Å². The molecule has 4 rings (SSSR count). The van der Waals surface area contributed by atoms with Crippen molar-refractivity contribution in [2.24, 2.45) is 5.92 Å². The van der Waals surface area contributed by atoms with Gasteiger partial charge in [0.15, 0.2) is 0 Å². The first-order chi connectivity index (χ1) is 15.9. The van der Waals surface area contributed by atoms with Gasteiger partial charge >= 0.3 is 6.03 Å². The molecule has 0 atom stereocenters. The van der Waals surface area contributed by atoms with Crippen molar-refractivity contribution in [3.05, 3.63) is 54.4 Å². The zero-order valence-corrected chi connectivity index (χ0v) is 19.9. The Labute approximate surface area is 196 Å². The Kier molecular flexibility index (Phi) is 7.62. The van der Waals surface area contributed by atoms with E-state index in [1.54, 1.807) is 41.0 Å². The Hall–Kier alpha value is -2.49. The number of sulfonamides is 1. The third-order valence-electron chi connectivity index (χ3n) is 6.70. The average molecular weight is 472 g/mol. The van der Waals surface area contributed by atoms with Gasteiger partial charge < -0.3 is 10.6 Å². The molecular weight excluding hydrogens is 438 g/mol. The number of benzene rings is 1. The van der Waals surface area contributed by atoms with E-state index in [0.717, 1.165) is 24.6 Å². The van der Waals surface area contributed by atoms with Gasteiger partial charge in [0.25, 0.3) is 0 Å². The number of carbonyl (C=O) groups is 1. The predicted molar refractivity (Wildman–Crippen MR) is 128 cm³/mol. The van der Waals surface area contributed by atoms with Gasteiger partial charge in [-0.3, -0.25) is 9.88 Å². The molecule has 0 radical (unpaired) electrons. The van der Waals surface area contributed by atoms with Crippen LogP contribution in [0.4, 0.5) is 10.5 Å². The molecular formula is C24H33N5O3S. The molecule has 33 heavy (non-hydrogen) atoms. The van der Waals surface area contributed by atoms with E-state index in [0.29, 0.717) is 31.4 Å². The SMILES string of the molecule is CC1CCC(N2CCN(S(=O)(=O)c3ccc(NC(=O)NCc4cccnc4)cc3)CC2)CC1. The standard InChI is InChI=1S/C24H33N5O3S/c1-19-4-8-22(9-5-19)28-13-15-29(16-14-28)33(31,32)23-10-6-21(7-11-23)27-24(30)26-18-20-3-2-12-25-17-20/h2-3,6-7,10-12,17,19,22H,4-5,8-9,13-16,18H2,1H3,(H2,26,27,30). The van der Waals surface area contributed by atoms with Gasteiger partial charge in [-0.2, -0.15) is 4.31 Å². The maximum Gasteiger partial charge on any atom is 0.319 e. The number of rotatable bonds is 6. The maximum atomic E-state index is 13.1. The number of hydrogen-bond acceptors (Lipinski definition) is 5. The minimum atomic E-state index is -3.55. The number of hydrogen-bond donors (Lipinski definition) is 2. The number of nitrogens with one attached hydrogen (secondary N) is 2. The zero-order chi connectivity index (χ0) is 23.3. The molecule has 178 valence electrons. The number of amides is 2. The topological polar surface area (TPSA) is 94.6 Å². The summed E-state index contributed by atoms with van der Waals surface area (Å²) < 4.78 is 27.8. The van der Waals surface area contributed by atoms with Crippen molar-refractivity contribution in [2.75, 3.05) is 31.5 Å². The molecule has 1 aromatic carbocycles. The molecule has 0 unspecified atom stereocenters. The third kappa shape index (κ3) is 6.10. The highest BCUT2D eigenvalue weighted by atomic mass is 32.2. The highest BCUT2D eigenvalue weighted by molar-refractivity contribution is 7.89. The van der Waals surface area contributed by atoms with E-state index >= 15 is 0 Å². The molecule has 1 saturated carbocycles. The fourth-order valence-corrected chi connectivity index (χ4v) is 6.06. The summed E-state index contributed by atoms with van der Waals surface area (Å²) in [6.45, 7) is 5.29. The molecule has 1 saturated heterocycles. The van der Waals surface area contributed by atoms with Crippen LogP contribution in [-0.2, 0) is 16.6 Å². The van der Waals surface area contributed by atoms with Gasteiger partial charge in [0, 0.05) is 56.8 Å². The summed E-state index contributed by atoms with van der Waals surface area (Å²) in [5.41, 5.74) is 1.43. The van der Waals surface area contributed by atoms with Crippen molar-refractivity contribution in [3.63, 3.8) is 0 Å². The Balaban J connectivity index is 1.28. The van der Waals surface area contributed by atoms with Crippen molar-refractivity contribution < 1.29 is 13.2 Å². The molecule has 9 heteroatoms. The number of pyridine rings is 1. The second kappa shape index (κ2) is 10.6. The number of anilines is 1. The van der Waals surface area contributed by atoms with Crippen molar-refractivity contribution >= 4 is 21.7 Å². The van der Waals surface area contributed by atoms with Gasteiger partial charge in [-0.25, -0.2) is 13.2 Å². The van der Waals surface area contributed by atoms with Crippen LogP contribution in [0.2, 0.25) is 0 Å². The van der Waals surface area contributed by atoms with Crippen LogP contribution in [0.25, 0.3) is 0 Å². The lowest BCUT2D eigenvalue weighted by molar-refractivity contribution is 0.101. The molecule has 0 spiro atoms. The Bertz CT molecular complexity index is 1010. The van der Waals surface area contributed by atoms with Gasteiger partial charge in [-0.1, -0.05) is 13.0 Å². The molecule has 2 fully saturated rings. The third-order valence-corrected chi connectivity index (χ3v) is 8.61. The molecule has 1 aliphatic carbocycles. The molecule has 0 bridgehead atoms. The summed E-state index contributed by atoms with van der Waals surface area (Å²) >= 11 is 0. The lowest BCUT2D eigenvalue weighted by Gasteiger charge is -2.41. The average Bonchev–Trinajstić information content (AvgIpc) is 2.84. The van der Waals surface area contributed by atoms with Gasteiger partial charge in [0.1, 0.15) is 0 Å². The molecule has 1 aliphatic heterocycles. The predicted octanol–water partition coefficient (Wildman–Crippen LogP) is 3.29. The van der Waals surface area contributed by atoms with E-state index in [-0.39, 0.29) is 10.9 Å². The minimum absolute atomic E-state index is 0.253. The fourth-order valence-electron chi connectivity index (χ4n) is 4.64. The monoisotopic (exact) mass is 471 g/mol. The maximum absolute atomic E-state index is 13.1. The van der Waals surface area contributed by atoms with E-state index in [9.17, 15) is 13.2 Å². The van der Waals surface area contributed by atoms with Crippen LogP contribution in [0.15, 0.2) is 53.7 Å². The molecule has 8 nitrogen and oxygen atoms in total. The number of carbonyl (C=O) groups excluding carboxylic acids is 1. The highest BCUT2D eigenvalue weighted by Crippen LogP contribution is 2.28. The second-order valence-corrected chi connectivity index (χ2v) is 11.0. The van der Waals surface area contributed by atoms with Crippen LogP contribution in [0.5, 0.6) is 0 Å². The van der Waals surface area contributed by atoms with Gasteiger partial charge in [-0.05, 0) is 67.5 Å². The zero-order valence-electron chi connectivity index (χ0n) is 19.1. The van der Waals surface area contributed by atoms with Crippen molar-refractivity contribution in [2.45, 2.75) is 50.1 Å². The van der Waals surface area contributed by atoms with Crippen LogP contribution in [-0.4, -0.2) is 60.9 Å². The van der Waals surface area contributed by atoms with Crippen molar-refractivity contribution in [1.29, 1.82) is 0 Å². The molecule has 2 aromatic rings. The highest BCUT2D eigenvalue weighted by Gasteiger charge is 2.32. The van der Waals surface area contributed by atoms with E-state index in [2.05, 4.69) is 27.4 Å². The van der Waals surface area contributed by atoms with E-state index in [4.69, 9.17) is 0 Å². The van der Waals surface area contributed by atoms with Crippen molar-refractivity contribution in [3.8, 4) is 0 Å². The Morgan fingerprint density at radius 1 is 1.03 bits per heavy atom. The summed E-state index contributed by atoms with van der Waals surface area (Å²) in [7, 11) is -3.55. The fraction of sp³-hybridized carbons (Fsp3) is 0.500. The first-order valence-corrected chi connectivity index (χ1v) is 13.1. The summed E-state index contributed by atoms with van der Waals surface area (Å²) in [5.74, 6) is 0.813. The molecule has 2 amide bonds. The number of aromatic nitrogens is 1. The summed E-state index contributed by atoms with van der Waals surface area (Å²) in [4.78, 5) is 18.9. The first kappa shape index (κ1) is 23.7. The van der Waals surface area contributed by atoms with Crippen molar-refractivity contribution in [1.82, 2.24) is 19.5 Å². The first-order valence-electron chi connectivity index (χ1n) is 11.7. The van der Waals surface area contributed by atoms with Gasteiger partial charge in [-0.15, -0.1) is 0 Å². The molecule has 2 N–H and O–H groups in total. The van der Waals surface area contributed by atoms with Crippen LogP contribution in [0.1, 0.15) is 38.2 Å². The normalized spacial score (nSPS) is 22.6. The molecule has 2 aliphatic rings. The number of nitrogens with zero attached hydrogens (tertiary/aromatic N) is 3. The van der Waals surface area contributed by atoms with Gasteiger partial charge in [0.2, 0.25) is 10.0 Å². The van der Waals surface area contributed by atoms with E-state index < -0.39 is 10.0 Å². The van der Waals surface area contributed by atoms with Crippen LogP contribution < -0.4 is 10.6 Å². The van der Waals surface area contributed by atoms with Crippen LogP contribution in [0.3, 0.4) is 0 Å². The lowest BCUT2D eigenvalue weighted by Crippen LogP contribution is -2.52. The Morgan fingerprint density at radius 3 is 2.36 bits per heavy atom. The Morgan fingerprint density at radius 2 is 1.73 bits per heavy atom. The summed E-state index contributed by atoms with van der Waals surface area (Å²) in [6.07, 6.45) is 8.35. The second-order valence-electron chi connectivity index (χ2n) is 9.05. The van der Waals surface area contributed by atoms with Gasteiger partial charge in [0.05, 0.1) is 4.90 Å². The van der Waals surface area contributed by atoms with Crippen LogP contribution >= 0.6 is 0 Å².